The Morgan fingerprint density at radius 1 is 1.44 bits per heavy atom. The molecule has 1 aliphatic heterocycles. The number of nitrogens with zero attached hydrogens (tertiary/aromatic N) is 3. The van der Waals surface area contributed by atoms with Crippen LogP contribution in [0.5, 0.6) is 0 Å². The fourth-order valence-corrected chi connectivity index (χ4v) is 0.962. The lowest BCUT2D eigenvalue weighted by molar-refractivity contribution is 0.885. The summed E-state index contributed by atoms with van der Waals surface area (Å²) < 4.78 is 0.778. The second kappa shape index (κ2) is 5.53. The standard InChI is InChI=1S/C6H9N3.C4H6N4O/c1-4-3-8-5(2)9-6(4)7;5-3-1-2-7-4(9)8(3)6/h3,8H,2H2,1H3,(H2,7,9);1-2H,5-6H2. The largest absolute Gasteiger partial charge is 0.384 e. The van der Waals surface area contributed by atoms with E-state index in [0.717, 1.165) is 10.2 Å². The Bertz CT molecular complexity index is 570. The van der Waals surface area contributed by atoms with E-state index in [-0.39, 0.29) is 5.82 Å². The van der Waals surface area contributed by atoms with Crippen molar-refractivity contribution in [2.45, 2.75) is 6.92 Å². The van der Waals surface area contributed by atoms with Gasteiger partial charge < -0.3 is 22.6 Å². The third-order valence-electron chi connectivity index (χ3n) is 2.03. The van der Waals surface area contributed by atoms with Gasteiger partial charge in [0.05, 0.1) is 0 Å². The third kappa shape index (κ3) is 3.37. The smallest absolute Gasteiger partial charge is 0.367 e. The molecule has 1 aliphatic rings. The molecule has 1 aromatic rings. The molecule has 0 spiro atoms. The van der Waals surface area contributed by atoms with Gasteiger partial charge in [0, 0.05) is 18.0 Å². The van der Waals surface area contributed by atoms with Crippen molar-refractivity contribution < 1.29 is 0 Å². The molecule has 2 rings (SSSR count). The van der Waals surface area contributed by atoms with Gasteiger partial charge in [0.2, 0.25) is 0 Å². The molecular weight excluding hydrogens is 234 g/mol. The second-order valence-electron chi connectivity index (χ2n) is 3.44. The van der Waals surface area contributed by atoms with Crippen LogP contribution in [0.15, 0.2) is 46.2 Å². The van der Waals surface area contributed by atoms with E-state index in [0.29, 0.717) is 11.7 Å². The van der Waals surface area contributed by atoms with Crippen molar-refractivity contribution in [1.29, 1.82) is 0 Å². The van der Waals surface area contributed by atoms with Crippen LogP contribution in [0, 0.1) is 0 Å². The van der Waals surface area contributed by atoms with Gasteiger partial charge in [0.15, 0.2) is 0 Å². The third-order valence-corrected chi connectivity index (χ3v) is 2.03. The van der Waals surface area contributed by atoms with Crippen molar-refractivity contribution in [3.05, 3.63) is 46.9 Å². The number of aromatic nitrogens is 2. The molecule has 0 radical (unpaired) electrons. The molecular formula is C10H15N7O. The van der Waals surface area contributed by atoms with Gasteiger partial charge >= 0.3 is 5.69 Å². The Hall–Kier alpha value is -2.77. The summed E-state index contributed by atoms with van der Waals surface area (Å²) in [5.41, 5.74) is 11.1. The van der Waals surface area contributed by atoms with Gasteiger partial charge in [-0.2, -0.15) is 9.66 Å². The molecule has 18 heavy (non-hydrogen) atoms. The fraction of sp³-hybridized carbons (Fsp3) is 0.100. The molecule has 1 aromatic heterocycles. The summed E-state index contributed by atoms with van der Waals surface area (Å²) in [6.07, 6.45) is 3.09. The van der Waals surface area contributed by atoms with Crippen LogP contribution in [0.3, 0.4) is 0 Å². The Morgan fingerprint density at radius 2 is 2.11 bits per heavy atom. The molecule has 96 valence electrons. The maximum Gasteiger partial charge on any atom is 0.367 e. The summed E-state index contributed by atoms with van der Waals surface area (Å²) in [4.78, 5) is 17.7. The first-order chi connectivity index (χ1) is 8.41. The normalized spacial score (nSPS) is 13.7. The molecule has 0 bridgehead atoms. The van der Waals surface area contributed by atoms with Crippen LogP contribution >= 0.6 is 0 Å². The Labute approximate surface area is 103 Å². The van der Waals surface area contributed by atoms with Crippen LogP contribution in [0.2, 0.25) is 0 Å². The summed E-state index contributed by atoms with van der Waals surface area (Å²) in [5.74, 6) is 6.44. The summed E-state index contributed by atoms with van der Waals surface area (Å²) >= 11 is 0. The van der Waals surface area contributed by atoms with Crippen molar-refractivity contribution in [2.24, 2.45) is 10.7 Å². The van der Waals surface area contributed by atoms with E-state index >= 15 is 0 Å². The minimum absolute atomic E-state index is 0.204. The molecule has 0 saturated carbocycles. The van der Waals surface area contributed by atoms with Gasteiger partial charge in [-0.05, 0) is 13.0 Å². The molecule has 2 heterocycles. The monoisotopic (exact) mass is 249 g/mol. The Balaban J connectivity index is 0.000000180. The SMILES string of the molecule is C=C1N=C(N)C(C)=CN1.Nc1ccnc(=O)n1N. The number of hydrogen-bond acceptors (Lipinski definition) is 7. The molecule has 0 amide bonds. The Morgan fingerprint density at radius 3 is 2.56 bits per heavy atom. The van der Waals surface area contributed by atoms with Crippen molar-refractivity contribution in [3.63, 3.8) is 0 Å². The maximum absolute atomic E-state index is 10.5. The number of anilines is 1. The van der Waals surface area contributed by atoms with Crippen molar-refractivity contribution in [1.82, 2.24) is 15.0 Å². The first kappa shape index (κ1) is 13.3. The second-order valence-corrected chi connectivity index (χ2v) is 3.44. The van der Waals surface area contributed by atoms with E-state index in [1.54, 1.807) is 6.20 Å². The number of aliphatic imine (C=N–C) groups is 1. The quantitative estimate of drug-likeness (QED) is 0.429. The topological polar surface area (TPSA) is 137 Å². The predicted octanol–water partition coefficient (Wildman–Crippen LogP) is -1.14. The summed E-state index contributed by atoms with van der Waals surface area (Å²) in [5, 5.41) is 2.84. The van der Waals surface area contributed by atoms with Gasteiger partial charge in [-0.3, -0.25) is 0 Å². The molecule has 8 heteroatoms. The van der Waals surface area contributed by atoms with Gasteiger partial charge in [-0.15, -0.1) is 0 Å². The van der Waals surface area contributed by atoms with Crippen LogP contribution in [0.4, 0.5) is 5.82 Å². The van der Waals surface area contributed by atoms with Crippen molar-refractivity contribution >= 4 is 11.7 Å². The highest BCUT2D eigenvalue weighted by molar-refractivity contribution is 5.97. The highest BCUT2D eigenvalue weighted by Crippen LogP contribution is 2.00. The van der Waals surface area contributed by atoms with Gasteiger partial charge in [-0.1, -0.05) is 6.58 Å². The van der Waals surface area contributed by atoms with Gasteiger partial charge in [0.25, 0.3) is 0 Å². The van der Waals surface area contributed by atoms with Crippen molar-refractivity contribution in [2.75, 3.05) is 11.6 Å². The average Bonchev–Trinajstić information content (AvgIpc) is 2.32. The van der Waals surface area contributed by atoms with Crippen LogP contribution in [0.25, 0.3) is 0 Å². The van der Waals surface area contributed by atoms with Gasteiger partial charge in [-0.25, -0.2) is 9.79 Å². The minimum Gasteiger partial charge on any atom is -0.384 e. The van der Waals surface area contributed by atoms with E-state index < -0.39 is 5.69 Å². The van der Waals surface area contributed by atoms with Gasteiger partial charge in [0.1, 0.15) is 17.5 Å². The minimum atomic E-state index is -0.546. The van der Waals surface area contributed by atoms with E-state index in [9.17, 15) is 4.79 Å². The lowest BCUT2D eigenvalue weighted by Crippen LogP contribution is -2.30. The van der Waals surface area contributed by atoms with Crippen LogP contribution in [-0.4, -0.2) is 15.5 Å². The molecule has 0 unspecified atom stereocenters. The van der Waals surface area contributed by atoms with Crippen LogP contribution in [0.1, 0.15) is 6.92 Å². The van der Waals surface area contributed by atoms with Crippen LogP contribution in [-0.2, 0) is 0 Å². The number of amidine groups is 1. The fourth-order valence-electron chi connectivity index (χ4n) is 0.962. The molecule has 0 fully saturated rings. The molecule has 0 atom stereocenters. The molecule has 7 N–H and O–H groups in total. The van der Waals surface area contributed by atoms with E-state index in [2.05, 4.69) is 21.9 Å². The summed E-state index contributed by atoms with van der Waals surface area (Å²) in [7, 11) is 0. The predicted molar refractivity (Wildman–Crippen MR) is 70.7 cm³/mol. The maximum atomic E-state index is 10.5. The van der Waals surface area contributed by atoms with Crippen LogP contribution < -0.4 is 28.3 Å². The van der Waals surface area contributed by atoms with E-state index in [1.165, 1.54) is 12.3 Å². The molecule has 0 aliphatic carbocycles. The zero-order valence-electron chi connectivity index (χ0n) is 9.92. The average molecular weight is 249 g/mol. The lowest BCUT2D eigenvalue weighted by atomic mass is 10.3. The first-order valence-corrected chi connectivity index (χ1v) is 4.97. The van der Waals surface area contributed by atoms with E-state index in [4.69, 9.17) is 17.3 Å². The van der Waals surface area contributed by atoms with E-state index in [1.807, 2.05) is 6.92 Å². The zero-order valence-corrected chi connectivity index (χ0v) is 9.92. The molecule has 0 aromatic carbocycles. The number of nitrogens with one attached hydrogen (secondary N) is 1. The first-order valence-electron chi connectivity index (χ1n) is 4.97. The molecule has 8 nitrogen and oxygen atoms in total. The summed E-state index contributed by atoms with van der Waals surface area (Å²) in [6, 6.07) is 1.45. The lowest BCUT2D eigenvalue weighted by Gasteiger charge is -2.09. The number of nitrogen functional groups attached to an aromatic ring is 2. The highest BCUT2D eigenvalue weighted by Gasteiger charge is 2.01. The number of rotatable bonds is 0. The zero-order chi connectivity index (χ0) is 13.7. The highest BCUT2D eigenvalue weighted by atomic mass is 16.1. The number of nitrogens with two attached hydrogens (primary N) is 3. The van der Waals surface area contributed by atoms with Crippen molar-refractivity contribution in [3.8, 4) is 0 Å². The number of hydrogen-bond donors (Lipinski definition) is 4. The molecule has 0 saturated heterocycles. The summed E-state index contributed by atoms with van der Waals surface area (Å²) in [6.45, 7) is 5.46. The Kier molecular flexibility index (Phi) is 4.08.